The van der Waals surface area contributed by atoms with E-state index in [-0.39, 0.29) is 11.9 Å². The van der Waals surface area contributed by atoms with Crippen LogP contribution in [0.15, 0.2) is 42.7 Å². The lowest BCUT2D eigenvalue weighted by molar-refractivity contribution is 0.0645. The SMILES string of the molecule is CCC1CN(c2ccccc2)CCN1C(=O)c1cc(C)ncn1. The van der Waals surface area contributed by atoms with Crippen LogP contribution in [0, 0.1) is 6.92 Å². The standard InChI is InChI=1S/C18H22N4O/c1-3-15-12-21(16-7-5-4-6-8-16)9-10-22(15)18(23)17-11-14(2)19-13-20-17/h4-8,11,13,15H,3,9-10,12H2,1-2H3. The first-order chi connectivity index (χ1) is 11.2. The van der Waals surface area contributed by atoms with Gasteiger partial charge >= 0.3 is 0 Å². The Kier molecular flexibility index (Phi) is 4.55. The van der Waals surface area contributed by atoms with E-state index in [0.29, 0.717) is 5.69 Å². The number of para-hydroxylation sites is 1. The molecule has 1 atom stereocenters. The zero-order valence-electron chi connectivity index (χ0n) is 13.6. The highest BCUT2D eigenvalue weighted by molar-refractivity contribution is 5.92. The van der Waals surface area contributed by atoms with Crippen LogP contribution in [0.25, 0.3) is 0 Å². The Morgan fingerprint density at radius 2 is 2.00 bits per heavy atom. The van der Waals surface area contributed by atoms with Crippen LogP contribution in [-0.2, 0) is 0 Å². The Morgan fingerprint density at radius 1 is 1.22 bits per heavy atom. The van der Waals surface area contributed by atoms with Crippen LogP contribution >= 0.6 is 0 Å². The summed E-state index contributed by atoms with van der Waals surface area (Å²) in [4.78, 5) is 25.3. The first-order valence-corrected chi connectivity index (χ1v) is 8.08. The number of nitrogens with zero attached hydrogens (tertiary/aromatic N) is 4. The minimum atomic E-state index is 0.00932. The van der Waals surface area contributed by atoms with Crippen molar-refractivity contribution in [2.24, 2.45) is 0 Å². The number of aryl methyl sites for hydroxylation is 1. The van der Waals surface area contributed by atoms with E-state index in [1.165, 1.54) is 12.0 Å². The quantitative estimate of drug-likeness (QED) is 0.874. The highest BCUT2D eigenvalue weighted by atomic mass is 16.2. The number of rotatable bonds is 3. The minimum absolute atomic E-state index is 0.00932. The molecule has 0 aliphatic carbocycles. The third-order valence-corrected chi connectivity index (χ3v) is 4.36. The molecule has 0 spiro atoms. The average Bonchev–Trinajstić information content (AvgIpc) is 2.61. The highest BCUT2D eigenvalue weighted by Crippen LogP contribution is 2.21. The molecular weight excluding hydrogens is 288 g/mol. The summed E-state index contributed by atoms with van der Waals surface area (Å²) < 4.78 is 0. The van der Waals surface area contributed by atoms with Crippen molar-refractivity contribution in [3.05, 3.63) is 54.1 Å². The number of amides is 1. The van der Waals surface area contributed by atoms with Gasteiger partial charge in [-0.3, -0.25) is 4.79 Å². The molecule has 0 radical (unpaired) electrons. The number of hydrogen-bond donors (Lipinski definition) is 0. The van der Waals surface area contributed by atoms with Crippen LogP contribution in [0.2, 0.25) is 0 Å². The molecule has 120 valence electrons. The van der Waals surface area contributed by atoms with Crippen LogP contribution in [0.4, 0.5) is 5.69 Å². The lowest BCUT2D eigenvalue weighted by atomic mass is 10.1. The number of carbonyl (C=O) groups is 1. The number of anilines is 1. The van der Waals surface area contributed by atoms with E-state index in [9.17, 15) is 4.79 Å². The molecule has 2 heterocycles. The van der Waals surface area contributed by atoms with Gasteiger partial charge in [0, 0.05) is 37.1 Å². The van der Waals surface area contributed by atoms with Gasteiger partial charge in [-0.2, -0.15) is 0 Å². The van der Waals surface area contributed by atoms with Gasteiger partial charge in [0.25, 0.3) is 5.91 Å². The molecule has 3 rings (SSSR count). The van der Waals surface area contributed by atoms with E-state index in [4.69, 9.17) is 0 Å². The molecule has 0 bridgehead atoms. The van der Waals surface area contributed by atoms with Crippen molar-refractivity contribution < 1.29 is 4.79 Å². The average molecular weight is 310 g/mol. The van der Waals surface area contributed by atoms with E-state index in [1.807, 2.05) is 17.9 Å². The maximum atomic E-state index is 12.8. The smallest absolute Gasteiger partial charge is 0.272 e. The highest BCUT2D eigenvalue weighted by Gasteiger charge is 2.30. The van der Waals surface area contributed by atoms with Crippen molar-refractivity contribution in [2.45, 2.75) is 26.3 Å². The van der Waals surface area contributed by atoms with Gasteiger partial charge in [-0.05, 0) is 31.5 Å². The van der Waals surface area contributed by atoms with Gasteiger partial charge in [0.05, 0.1) is 0 Å². The topological polar surface area (TPSA) is 49.3 Å². The van der Waals surface area contributed by atoms with Gasteiger partial charge in [-0.25, -0.2) is 9.97 Å². The number of aromatic nitrogens is 2. The van der Waals surface area contributed by atoms with Gasteiger partial charge in [-0.1, -0.05) is 25.1 Å². The summed E-state index contributed by atoms with van der Waals surface area (Å²) in [5.74, 6) is 0.00932. The summed E-state index contributed by atoms with van der Waals surface area (Å²) in [5.41, 5.74) is 2.53. The van der Waals surface area contributed by atoms with Crippen LogP contribution in [0.3, 0.4) is 0 Å². The van der Waals surface area contributed by atoms with Crippen molar-refractivity contribution >= 4 is 11.6 Å². The molecular formula is C18H22N4O. The summed E-state index contributed by atoms with van der Waals surface area (Å²) in [5, 5.41) is 0. The lowest BCUT2D eigenvalue weighted by Crippen LogP contribution is -2.55. The summed E-state index contributed by atoms with van der Waals surface area (Å²) in [7, 11) is 0. The molecule has 1 aliphatic rings. The number of piperazine rings is 1. The monoisotopic (exact) mass is 310 g/mol. The van der Waals surface area contributed by atoms with E-state index in [1.54, 1.807) is 6.07 Å². The molecule has 5 heteroatoms. The first-order valence-electron chi connectivity index (χ1n) is 8.08. The maximum absolute atomic E-state index is 12.8. The van der Waals surface area contributed by atoms with E-state index < -0.39 is 0 Å². The molecule has 0 N–H and O–H groups in total. The molecule has 0 saturated carbocycles. The predicted molar refractivity (Wildman–Crippen MR) is 90.5 cm³/mol. The Morgan fingerprint density at radius 3 is 2.70 bits per heavy atom. The lowest BCUT2D eigenvalue weighted by Gasteiger charge is -2.42. The zero-order valence-corrected chi connectivity index (χ0v) is 13.6. The summed E-state index contributed by atoms with van der Waals surface area (Å²) in [6.45, 7) is 6.43. The number of benzene rings is 1. The normalized spacial score (nSPS) is 18.1. The third kappa shape index (κ3) is 3.33. The first kappa shape index (κ1) is 15.5. The third-order valence-electron chi connectivity index (χ3n) is 4.36. The molecule has 2 aromatic rings. The molecule has 1 amide bonds. The van der Waals surface area contributed by atoms with Crippen molar-refractivity contribution in [3.8, 4) is 0 Å². The molecule has 1 aromatic carbocycles. The van der Waals surface area contributed by atoms with Crippen molar-refractivity contribution in [2.75, 3.05) is 24.5 Å². The molecule has 1 fully saturated rings. The van der Waals surface area contributed by atoms with Gasteiger partial charge in [0.15, 0.2) is 0 Å². The second kappa shape index (κ2) is 6.77. The number of hydrogen-bond acceptors (Lipinski definition) is 4. The number of carbonyl (C=O) groups excluding carboxylic acids is 1. The predicted octanol–water partition coefficient (Wildman–Crippen LogP) is 2.53. The molecule has 1 saturated heterocycles. The van der Waals surface area contributed by atoms with Gasteiger partial charge < -0.3 is 9.80 Å². The fraction of sp³-hybridized carbons (Fsp3) is 0.389. The summed E-state index contributed by atoms with van der Waals surface area (Å²) in [6.07, 6.45) is 2.39. The van der Waals surface area contributed by atoms with Crippen molar-refractivity contribution in [3.63, 3.8) is 0 Å². The summed E-state index contributed by atoms with van der Waals surface area (Å²) in [6, 6.07) is 12.3. The second-order valence-corrected chi connectivity index (χ2v) is 5.89. The fourth-order valence-corrected chi connectivity index (χ4v) is 3.06. The second-order valence-electron chi connectivity index (χ2n) is 5.89. The Balaban J connectivity index is 1.76. The Labute approximate surface area is 137 Å². The van der Waals surface area contributed by atoms with Crippen LogP contribution in [0.1, 0.15) is 29.5 Å². The van der Waals surface area contributed by atoms with Crippen LogP contribution in [0.5, 0.6) is 0 Å². The molecule has 5 nitrogen and oxygen atoms in total. The van der Waals surface area contributed by atoms with Gasteiger partial charge in [-0.15, -0.1) is 0 Å². The Hall–Kier alpha value is -2.43. The van der Waals surface area contributed by atoms with Crippen molar-refractivity contribution in [1.29, 1.82) is 0 Å². The van der Waals surface area contributed by atoms with Crippen molar-refractivity contribution in [1.82, 2.24) is 14.9 Å². The van der Waals surface area contributed by atoms with E-state index in [0.717, 1.165) is 31.7 Å². The summed E-state index contributed by atoms with van der Waals surface area (Å²) >= 11 is 0. The van der Waals surface area contributed by atoms with E-state index >= 15 is 0 Å². The largest absolute Gasteiger partial charge is 0.368 e. The van der Waals surface area contributed by atoms with Crippen LogP contribution < -0.4 is 4.90 Å². The zero-order chi connectivity index (χ0) is 16.2. The molecule has 1 aromatic heterocycles. The molecule has 1 aliphatic heterocycles. The van der Waals surface area contributed by atoms with Crippen LogP contribution in [-0.4, -0.2) is 46.5 Å². The Bertz CT molecular complexity index is 674. The maximum Gasteiger partial charge on any atom is 0.272 e. The van der Waals surface area contributed by atoms with Gasteiger partial charge in [0.1, 0.15) is 12.0 Å². The molecule has 1 unspecified atom stereocenters. The minimum Gasteiger partial charge on any atom is -0.368 e. The van der Waals surface area contributed by atoms with E-state index in [2.05, 4.69) is 46.1 Å². The fourth-order valence-electron chi connectivity index (χ4n) is 3.06. The molecule has 23 heavy (non-hydrogen) atoms. The van der Waals surface area contributed by atoms with Gasteiger partial charge in [0.2, 0.25) is 0 Å².